The van der Waals surface area contributed by atoms with Gasteiger partial charge in [-0.25, -0.2) is 9.78 Å². The molecule has 0 amide bonds. The van der Waals surface area contributed by atoms with Gasteiger partial charge in [0, 0.05) is 13.6 Å². The van der Waals surface area contributed by atoms with Gasteiger partial charge in [-0.1, -0.05) is 60.7 Å². The Morgan fingerprint density at radius 1 is 0.933 bits per heavy atom. The summed E-state index contributed by atoms with van der Waals surface area (Å²) in [5, 5.41) is 3.42. The van der Waals surface area contributed by atoms with E-state index in [1.165, 1.54) is 15.7 Å². The van der Waals surface area contributed by atoms with Gasteiger partial charge in [0.05, 0.1) is 6.54 Å². The third-order valence-electron chi connectivity index (χ3n) is 5.27. The van der Waals surface area contributed by atoms with Crippen molar-refractivity contribution in [3.63, 3.8) is 0 Å². The van der Waals surface area contributed by atoms with E-state index in [9.17, 15) is 9.59 Å². The van der Waals surface area contributed by atoms with Crippen molar-refractivity contribution < 1.29 is 0 Å². The van der Waals surface area contributed by atoms with Crippen molar-refractivity contribution in [2.24, 2.45) is 7.05 Å². The highest BCUT2D eigenvalue weighted by Gasteiger charge is 2.17. The maximum atomic E-state index is 12.6. The molecule has 0 unspecified atom stereocenters. The molecule has 0 aliphatic heterocycles. The summed E-state index contributed by atoms with van der Waals surface area (Å²) in [6.45, 7) is 1.92. The molecule has 30 heavy (non-hydrogen) atoms. The lowest BCUT2D eigenvalue weighted by Gasteiger charge is -2.10. The SMILES string of the molecule is Cn1c(=O)[nH]c(=O)c2c1nc(CNCCc1ccccc1)n2CCc1ccccc1. The van der Waals surface area contributed by atoms with Gasteiger partial charge in [0.1, 0.15) is 5.82 Å². The van der Waals surface area contributed by atoms with E-state index >= 15 is 0 Å². The zero-order chi connectivity index (χ0) is 20.9. The Labute approximate surface area is 174 Å². The summed E-state index contributed by atoms with van der Waals surface area (Å²) in [6, 6.07) is 20.4. The number of benzene rings is 2. The van der Waals surface area contributed by atoms with Crippen LogP contribution in [0.5, 0.6) is 0 Å². The summed E-state index contributed by atoms with van der Waals surface area (Å²) in [5.74, 6) is 0.751. The fraction of sp³-hybridized carbons (Fsp3) is 0.261. The van der Waals surface area contributed by atoms with Crippen LogP contribution in [0.25, 0.3) is 11.2 Å². The summed E-state index contributed by atoms with van der Waals surface area (Å²) >= 11 is 0. The Bertz CT molecular complexity index is 1240. The summed E-state index contributed by atoms with van der Waals surface area (Å²) in [6.07, 6.45) is 1.68. The summed E-state index contributed by atoms with van der Waals surface area (Å²) in [7, 11) is 1.63. The number of nitrogens with zero attached hydrogens (tertiary/aromatic N) is 3. The van der Waals surface area contributed by atoms with Crippen LogP contribution in [0.1, 0.15) is 17.0 Å². The first-order valence-electron chi connectivity index (χ1n) is 10.1. The van der Waals surface area contributed by atoms with Crippen molar-refractivity contribution in [2.45, 2.75) is 25.9 Å². The molecule has 4 aromatic rings. The van der Waals surface area contributed by atoms with Crippen molar-refractivity contribution in [1.82, 2.24) is 24.4 Å². The molecule has 0 bridgehead atoms. The van der Waals surface area contributed by atoms with Gasteiger partial charge in [0.2, 0.25) is 0 Å². The van der Waals surface area contributed by atoms with Crippen LogP contribution < -0.4 is 16.6 Å². The smallest absolute Gasteiger partial charge is 0.321 e. The van der Waals surface area contributed by atoms with Crippen LogP contribution in [-0.2, 0) is 33.0 Å². The van der Waals surface area contributed by atoms with Crippen LogP contribution in [-0.4, -0.2) is 25.6 Å². The second kappa shape index (κ2) is 8.92. The van der Waals surface area contributed by atoms with Crippen molar-refractivity contribution in [3.8, 4) is 0 Å². The normalized spacial score (nSPS) is 11.2. The van der Waals surface area contributed by atoms with Crippen LogP contribution in [0.15, 0.2) is 70.3 Å². The predicted octanol–water partition coefficient (Wildman–Crippen LogP) is 2.00. The molecule has 0 aliphatic carbocycles. The van der Waals surface area contributed by atoms with Crippen molar-refractivity contribution in [3.05, 3.63) is 98.5 Å². The van der Waals surface area contributed by atoms with Gasteiger partial charge in [-0.15, -0.1) is 0 Å². The lowest BCUT2D eigenvalue weighted by molar-refractivity contribution is 0.603. The predicted molar refractivity (Wildman–Crippen MR) is 118 cm³/mol. The molecular weight excluding hydrogens is 378 g/mol. The first-order chi connectivity index (χ1) is 14.6. The Kier molecular flexibility index (Phi) is 5.90. The Morgan fingerprint density at radius 2 is 1.57 bits per heavy atom. The molecule has 2 aromatic heterocycles. The van der Waals surface area contributed by atoms with Crippen LogP contribution in [0.3, 0.4) is 0 Å². The Morgan fingerprint density at radius 3 is 2.23 bits per heavy atom. The van der Waals surface area contributed by atoms with Gasteiger partial charge in [0.25, 0.3) is 5.56 Å². The average Bonchev–Trinajstić information content (AvgIpc) is 3.14. The fourth-order valence-corrected chi connectivity index (χ4v) is 3.62. The molecule has 0 atom stereocenters. The van der Waals surface area contributed by atoms with Gasteiger partial charge in [-0.05, 0) is 30.5 Å². The zero-order valence-electron chi connectivity index (χ0n) is 17.0. The van der Waals surface area contributed by atoms with Crippen LogP contribution in [0, 0.1) is 0 Å². The number of H-pyrrole nitrogens is 1. The third kappa shape index (κ3) is 4.26. The number of aromatic amines is 1. The van der Waals surface area contributed by atoms with E-state index in [1.54, 1.807) is 7.05 Å². The molecule has 2 aromatic carbocycles. The van der Waals surface area contributed by atoms with Gasteiger partial charge >= 0.3 is 5.69 Å². The van der Waals surface area contributed by atoms with E-state index in [0.29, 0.717) is 24.3 Å². The maximum absolute atomic E-state index is 12.6. The van der Waals surface area contributed by atoms with Crippen LogP contribution >= 0.6 is 0 Å². The van der Waals surface area contributed by atoms with Gasteiger partial charge in [0.15, 0.2) is 11.2 Å². The minimum atomic E-state index is -0.455. The molecule has 0 spiro atoms. The van der Waals surface area contributed by atoms with Crippen LogP contribution in [0.4, 0.5) is 0 Å². The molecule has 0 radical (unpaired) electrons. The quantitative estimate of drug-likeness (QED) is 0.441. The molecule has 7 heteroatoms. The number of hydrogen-bond donors (Lipinski definition) is 2. The maximum Gasteiger partial charge on any atom is 0.329 e. The molecule has 0 saturated heterocycles. The largest absolute Gasteiger partial charge is 0.329 e. The van der Waals surface area contributed by atoms with E-state index in [4.69, 9.17) is 0 Å². The van der Waals surface area contributed by atoms with E-state index in [2.05, 4.69) is 39.6 Å². The minimum Gasteiger partial charge on any atom is -0.321 e. The monoisotopic (exact) mass is 403 g/mol. The molecule has 0 aliphatic rings. The Balaban J connectivity index is 1.58. The van der Waals surface area contributed by atoms with Gasteiger partial charge < -0.3 is 9.88 Å². The van der Waals surface area contributed by atoms with Crippen LogP contribution in [0.2, 0.25) is 0 Å². The van der Waals surface area contributed by atoms with E-state index in [1.807, 2.05) is 41.0 Å². The third-order valence-corrected chi connectivity index (χ3v) is 5.27. The van der Waals surface area contributed by atoms with E-state index in [-0.39, 0.29) is 0 Å². The highest BCUT2D eigenvalue weighted by molar-refractivity contribution is 5.70. The number of hydrogen-bond acceptors (Lipinski definition) is 4. The summed E-state index contributed by atoms with van der Waals surface area (Å²) in [5.41, 5.74) is 2.45. The molecule has 2 N–H and O–H groups in total. The molecular formula is C23H25N5O2. The van der Waals surface area contributed by atoms with Crippen molar-refractivity contribution >= 4 is 11.2 Å². The molecule has 4 rings (SSSR count). The van der Waals surface area contributed by atoms with E-state index in [0.717, 1.165) is 25.2 Å². The zero-order valence-corrected chi connectivity index (χ0v) is 17.0. The molecule has 7 nitrogen and oxygen atoms in total. The van der Waals surface area contributed by atoms with Crippen molar-refractivity contribution in [1.29, 1.82) is 0 Å². The molecule has 154 valence electrons. The molecule has 0 saturated carbocycles. The number of fused-ring (bicyclic) bond motifs is 1. The number of nitrogens with one attached hydrogen (secondary N) is 2. The van der Waals surface area contributed by atoms with E-state index < -0.39 is 11.2 Å². The topological polar surface area (TPSA) is 84.7 Å². The first kappa shape index (κ1) is 19.8. The van der Waals surface area contributed by atoms with Crippen molar-refractivity contribution in [2.75, 3.05) is 6.54 Å². The summed E-state index contributed by atoms with van der Waals surface area (Å²) < 4.78 is 3.32. The standard InChI is InChI=1S/C23H25N5O2/c1-27-21-20(22(29)26-23(27)30)28(15-13-18-10-6-3-7-11-18)19(25-21)16-24-14-12-17-8-4-2-5-9-17/h2-11,24H,12-16H2,1H3,(H,26,29,30). The summed E-state index contributed by atoms with van der Waals surface area (Å²) in [4.78, 5) is 31.6. The lowest BCUT2D eigenvalue weighted by atomic mass is 10.1. The number of aryl methyl sites for hydroxylation is 3. The number of imidazole rings is 1. The average molecular weight is 403 g/mol. The number of aromatic nitrogens is 4. The second-order valence-electron chi connectivity index (χ2n) is 7.32. The molecule has 2 heterocycles. The lowest BCUT2D eigenvalue weighted by Crippen LogP contribution is -2.29. The molecule has 0 fully saturated rings. The van der Waals surface area contributed by atoms with Gasteiger partial charge in [-0.2, -0.15) is 0 Å². The highest BCUT2D eigenvalue weighted by atomic mass is 16.2. The first-order valence-corrected chi connectivity index (χ1v) is 10.1. The fourth-order valence-electron chi connectivity index (χ4n) is 3.62. The highest BCUT2D eigenvalue weighted by Crippen LogP contribution is 2.13. The Hall–Kier alpha value is -3.45. The second-order valence-corrected chi connectivity index (χ2v) is 7.32. The number of rotatable bonds is 8. The minimum absolute atomic E-state index is 0.399. The van der Waals surface area contributed by atoms with Gasteiger partial charge in [-0.3, -0.25) is 14.3 Å².